The molecule has 2 rings (SSSR count). The molecule has 0 aromatic rings. The Balaban J connectivity index is 2.06. The highest BCUT2D eigenvalue weighted by Gasteiger charge is 2.25. The summed E-state index contributed by atoms with van der Waals surface area (Å²) >= 11 is 0. The van der Waals surface area contributed by atoms with Crippen molar-refractivity contribution in [1.82, 2.24) is 9.80 Å². The molecule has 0 unspecified atom stereocenters. The van der Waals surface area contributed by atoms with Crippen LogP contribution in [0.15, 0.2) is 36.7 Å². The molecule has 5 nitrogen and oxygen atoms in total. The lowest BCUT2D eigenvalue weighted by atomic mass is 10.2. The van der Waals surface area contributed by atoms with Crippen LogP contribution in [0.1, 0.15) is 20.8 Å². The van der Waals surface area contributed by atoms with E-state index in [0.29, 0.717) is 6.54 Å². The van der Waals surface area contributed by atoms with E-state index in [0.717, 1.165) is 12.2 Å². The first-order chi connectivity index (χ1) is 8.46. The number of carbonyl (C=O) groups excluding carboxylic acids is 1. The summed E-state index contributed by atoms with van der Waals surface area (Å²) < 4.78 is 10.5. The smallest absolute Gasteiger partial charge is 0.414 e. The van der Waals surface area contributed by atoms with E-state index in [-0.39, 0.29) is 6.09 Å². The zero-order valence-corrected chi connectivity index (χ0v) is 10.9. The van der Waals surface area contributed by atoms with Gasteiger partial charge in [0.1, 0.15) is 11.9 Å². The van der Waals surface area contributed by atoms with Gasteiger partial charge in [-0.05, 0) is 26.8 Å². The summed E-state index contributed by atoms with van der Waals surface area (Å²) in [5.74, 6) is 0. The van der Waals surface area contributed by atoms with Gasteiger partial charge in [0.25, 0.3) is 0 Å². The minimum absolute atomic E-state index is 0.350. The molecule has 0 aliphatic carbocycles. The molecule has 98 valence electrons. The molecule has 0 aromatic heterocycles. The van der Waals surface area contributed by atoms with Crippen molar-refractivity contribution >= 4 is 6.09 Å². The third-order valence-electron chi connectivity index (χ3n) is 2.44. The number of hydrogen-bond acceptors (Lipinski definition) is 4. The number of nitrogens with zero attached hydrogens (tertiary/aromatic N) is 2. The molecule has 0 spiro atoms. The van der Waals surface area contributed by atoms with E-state index in [9.17, 15) is 4.79 Å². The van der Waals surface area contributed by atoms with Crippen molar-refractivity contribution in [3.05, 3.63) is 36.7 Å². The Labute approximate surface area is 107 Å². The maximum absolute atomic E-state index is 11.9. The van der Waals surface area contributed by atoms with E-state index in [2.05, 4.69) is 0 Å². The van der Waals surface area contributed by atoms with Crippen molar-refractivity contribution < 1.29 is 14.3 Å². The van der Waals surface area contributed by atoms with Crippen LogP contribution in [0, 0.1) is 0 Å². The molecule has 1 amide bonds. The standard InChI is InChI=1S/C13H18N2O3/c1-13(2,3)18-12(16)15-7-6-14-5-4-8-17-10-11(14)9-15/h4,6-8,10H,5,9H2,1-3H3. The minimum atomic E-state index is -0.488. The Bertz CT molecular complexity index is 418. The van der Waals surface area contributed by atoms with Crippen LogP contribution in [-0.2, 0) is 9.47 Å². The molecule has 0 aromatic carbocycles. The van der Waals surface area contributed by atoms with Crippen LogP contribution in [0.3, 0.4) is 0 Å². The summed E-state index contributed by atoms with van der Waals surface area (Å²) in [7, 11) is 0. The second kappa shape index (κ2) is 4.76. The van der Waals surface area contributed by atoms with Crippen molar-refractivity contribution in [1.29, 1.82) is 0 Å². The van der Waals surface area contributed by atoms with E-state index in [1.807, 2.05) is 37.9 Å². The van der Waals surface area contributed by atoms with Crippen LogP contribution in [-0.4, -0.2) is 34.6 Å². The van der Waals surface area contributed by atoms with Crippen LogP contribution in [0.2, 0.25) is 0 Å². The summed E-state index contributed by atoms with van der Waals surface area (Å²) in [4.78, 5) is 15.5. The lowest BCUT2D eigenvalue weighted by Crippen LogP contribution is -2.39. The Morgan fingerprint density at radius 1 is 1.39 bits per heavy atom. The van der Waals surface area contributed by atoms with Crippen LogP contribution in [0.5, 0.6) is 0 Å². The first-order valence-corrected chi connectivity index (χ1v) is 5.90. The van der Waals surface area contributed by atoms with E-state index in [1.54, 1.807) is 18.7 Å². The molecular weight excluding hydrogens is 232 g/mol. The first kappa shape index (κ1) is 12.5. The first-order valence-electron chi connectivity index (χ1n) is 5.90. The van der Waals surface area contributed by atoms with Crippen LogP contribution < -0.4 is 0 Å². The lowest BCUT2D eigenvalue weighted by Gasteiger charge is -2.32. The summed E-state index contributed by atoms with van der Waals surface area (Å²) in [6.07, 6.45) is 8.41. The molecule has 18 heavy (non-hydrogen) atoms. The predicted octanol–water partition coefficient (Wildman–Crippen LogP) is 2.40. The Morgan fingerprint density at radius 3 is 2.89 bits per heavy atom. The van der Waals surface area contributed by atoms with Gasteiger partial charge in [-0.15, -0.1) is 0 Å². The van der Waals surface area contributed by atoms with Crippen molar-refractivity contribution in [3.8, 4) is 0 Å². The Kier molecular flexibility index (Phi) is 3.32. The van der Waals surface area contributed by atoms with Gasteiger partial charge in [0.2, 0.25) is 0 Å². The molecule has 0 atom stereocenters. The van der Waals surface area contributed by atoms with Crippen LogP contribution in [0.4, 0.5) is 4.79 Å². The van der Waals surface area contributed by atoms with E-state index < -0.39 is 5.60 Å². The quantitative estimate of drug-likeness (QED) is 0.662. The average molecular weight is 250 g/mol. The van der Waals surface area contributed by atoms with Crippen molar-refractivity contribution in [2.75, 3.05) is 13.1 Å². The van der Waals surface area contributed by atoms with Gasteiger partial charge in [-0.2, -0.15) is 0 Å². The van der Waals surface area contributed by atoms with Gasteiger partial charge in [0, 0.05) is 18.9 Å². The van der Waals surface area contributed by atoms with E-state index in [1.165, 1.54) is 4.90 Å². The number of fused-ring (bicyclic) bond motifs is 1. The fraction of sp³-hybridized carbons (Fsp3) is 0.462. The van der Waals surface area contributed by atoms with Crippen LogP contribution >= 0.6 is 0 Å². The highest BCUT2D eigenvalue weighted by atomic mass is 16.6. The van der Waals surface area contributed by atoms with Gasteiger partial charge in [-0.1, -0.05) is 0 Å². The predicted molar refractivity (Wildman–Crippen MR) is 67.1 cm³/mol. The van der Waals surface area contributed by atoms with Crippen molar-refractivity contribution in [3.63, 3.8) is 0 Å². The summed E-state index contributed by atoms with van der Waals surface area (Å²) in [6.45, 7) is 6.74. The Morgan fingerprint density at radius 2 is 2.17 bits per heavy atom. The fourth-order valence-electron chi connectivity index (χ4n) is 1.63. The van der Waals surface area contributed by atoms with Crippen molar-refractivity contribution in [2.45, 2.75) is 26.4 Å². The molecule has 2 aliphatic rings. The number of carbonyl (C=O) groups is 1. The molecule has 0 saturated heterocycles. The molecule has 0 radical (unpaired) electrons. The summed E-state index contributed by atoms with van der Waals surface area (Å²) in [5, 5.41) is 0. The molecule has 0 fully saturated rings. The van der Waals surface area contributed by atoms with Gasteiger partial charge in [0.05, 0.1) is 18.5 Å². The summed E-state index contributed by atoms with van der Waals surface area (Å²) in [6, 6.07) is 0. The maximum atomic E-state index is 11.9. The van der Waals surface area contributed by atoms with Gasteiger partial charge in [0.15, 0.2) is 0 Å². The molecule has 2 aliphatic heterocycles. The molecule has 0 bridgehead atoms. The fourth-order valence-corrected chi connectivity index (χ4v) is 1.63. The summed E-state index contributed by atoms with van der Waals surface area (Å²) in [5.41, 5.74) is 0.436. The number of hydrogen-bond donors (Lipinski definition) is 0. The zero-order chi connectivity index (χ0) is 13.2. The lowest BCUT2D eigenvalue weighted by molar-refractivity contribution is 0.0329. The second-order valence-electron chi connectivity index (χ2n) is 5.18. The van der Waals surface area contributed by atoms with E-state index >= 15 is 0 Å². The van der Waals surface area contributed by atoms with E-state index in [4.69, 9.17) is 9.47 Å². The molecule has 5 heteroatoms. The molecule has 0 N–H and O–H groups in total. The highest BCUT2D eigenvalue weighted by molar-refractivity contribution is 5.70. The zero-order valence-electron chi connectivity index (χ0n) is 10.9. The van der Waals surface area contributed by atoms with Crippen molar-refractivity contribution in [2.24, 2.45) is 0 Å². The number of amides is 1. The highest BCUT2D eigenvalue weighted by Crippen LogP contribution is 2.19. The minimum Gasteiger partial charge on any atom is -0.471 e. The maximum Gasteiger partial charge on any atom is 0.414 e. The van der Waals surface area contributed by atoms with Gasteiger partial charge in [-0.25, -0.2) is 4.79 Å². The number of ether oxygens (including phenoxy) is 2. The SMILES string of the molecule is CC(C)(C)OC(=O)N1C=CN2CC=COC=C2C1. The molecular formula is C13H18N2O3. The molecule has 0 saturated carbocycles. The monoisotopic (exact) mass is 250 g/mol. The largest absolute Gasteiger partial charge is 0.471 e. The van der Waals surface area contributed by atoms with Gasteiger partial charge >= 0.3 is 6.09 Å². The third-order valence-corrected chi connectivity index (χ3v) is 2.44. The normalized spacial score (nSPS) is 18.7. The number of rotatable bonds is 0. The third kappa shape index (κ3) is 3.06. The van der Waals surface area contributed by atoms with Gasteiger partial charge < -0.3 is 14.4 Å². The van der Waals surface area contributed by atoms with Gasteiger partial charge in [-0.3, -0.25) is 4.90 Å². The topological polar surface area (TPSA) is 42.0 Å². The Hall–Kier alpha value is -1.91. The molecule has 2 heterocycles. The van der Waals surface area contributed by atoms with Crippen LogP contribution in [0.25, 0.3) is 0 Å². The second-order valence-corrected chi connectivity index (χ2v) is 5.18. The average Bonchev–Trinajstić information content (AvgIpc) is 2.50.